The summed E-state index contributed by atoms with van der Waals surface area (Å²) in [7, 11) is 1.70. The Kier molecular flexibility index (Phi) is 7.94. The van der Waals surface area contributed by atoms with Crippen molar-refractivity contribution in [2.24, 2.45) is 0 Å². The lowest BCUT2D eigenvalue weighted by atomic mass is 9.93. The van der Waals surface area contributed by atoms with Gasteiger partial charge in [-0.25, -0.2) is 0 Å². The molecule has 1 aliphatic carbocycles. The second-order valence-corrected chi connectivity index (χ2v) is 6.98. The molecule has 1 aliphatic heterocycles. The van der Waals surface area contributed by atoms with Crippen LogP contribution in [0.15, 0.2) is 0 Å². The molecule has 0 amide bonds. The van der Waals surface area contributed by atoms with Gasteiger partial charge in [0.25, 0.3) is 0 Å². The van der Waals surface area contributed by atoms with Crippen molar-refractivity contribution in [2.75, 3.05) is 33.4 Å². The molecule has 0 N–H and O–H groups in total. The van der Waals surface area contributed by atoms with Crippen LogP contribution in [0.1, 0.15) is 45.4 Å². The third-order valence-electron chi connectivity index (χ3n) is 4.37. The van der Waals surface area contributed by atoms with Gasteiger partial charge in [-0.05, 0) is 32.4 Å². The molecule has 2 fully saturated rings. The normalized spacial score (nSPS) is 27.7. The monoisotopic (exact) mass is 334 g/mol. The summed E-state index contributed by atoms with van der Waals surface area (Å²) in [6, 6.07) is 0. The Balaban J connectivity index is 1.64. The average Bonchev–Trinajstić information content (AvgIpc) is 2.54. The molecule has 3 atom stereocenters. The molecule has 0 radical (unpaired) electrons. The smallest absolute Gasteiger partial charge is 0.168 e. The van der Waals surface area contributed by atoms with E-state index in [1.165, 1.54) is 19.3 Å². The highest BCUT2D eigenvalue weighted by molar-refractivity contribution is 7.99. The highest BCUT2D eigenvalue weighted by Crippen LogP contribution is 2.36. The minimum atomic E-state index is -0.335. The number of methoxy groups -OCH3 is 1. The first-order valence-electron chi connectivity index (χ1n) is 8.26. The average molecular weight is 334 g/mol. The summed E-state index contributed by atoms with van der Waals surface area (Å²) in [5.74, 6) is -0.335. The van der Waals surface area contributed by atoms with Gasteiger partial charge in [-0.2, -0.15) is 0 Å². The van der Waals surface area contributed by atoms with E-state index in [0.29, 0.717) is 6.61 Å². The third kappa shape index (κ3) is 5.35. The summed E-state index contributed by atoms with van der Waals surface area (Å²) in [5.41, 5.74) is 0.0356. The van der Waals surface area contributed by atoms with Crippen molar-refractivity contribution in [3.63, 3.8) is 0 Å². The van der Waals surface area contributed by atoms with Crippen molar-refractivity contribution in [3.8, 4) is 0 Å². The molecule has 2 aliphatic rings. The summed E-state index contributed by atoms with van der Waals surface area (Å²) < 4.78 is 28.7. The molecular formula is C16H30O5S. The van der Waals surface area contributed by atoms with Crippen LogP contribution in [0.4, 0.5) is 0 Å². The molecule has 1 saturated heterocycles. The van der Waals surface area contributed by atoms with Crippen LogP contribution in [0.2, 0.25) is 0 Å². The highest BCUT2D eigenvalue weighted by Gasteiger charge is 2.39. The van der Waals surface area contributed by atoms with E-state index in [4.69, 9.17) is 23.7 Å². The van der Waals surface area contributed by atoms with Crippen LogP contribution in [0, 0.1) is 0 Å². The second kappa shape index (κ2) is 9.45. The van der Waals surface area contributed by atoms with Gasteiger partial charge in [0.1, 0.15) is 12.2 Å². The van der Waals surface area contributed by atoms with Crippen molar-refractivity contribution >= 4 is 11.8 Å². The van der Waals surface area contributed by atoms with Crippen molar-refractivity contribution in [3.05, 3.63) is 0 Å². The molecular weight excluding hydrogens is 304 g/mol. The maximum absolute atomic E-state index is 6.18. The Hall–Kier alpha value is 0.150. The Morgan fingerprint density at radius 2 is 2.05 bits per heavy atom. The molecule has 130 valence electrons. The van der Waals surface area contributed by atoms with E-state index >= 15 is 0 Å². The zero-order valence-electron chi connectivity index (χ0n) is 14.0. The van der Waals surface area contributed by atoms with E-state index < -0.39 is 0 Å². The molecule has 1 heterocycles. The summed E-state index contributed by atoms with van der Waals surface area (Å²) in [4.78, 5) is 0. The quantitative estimate of drug-likeness (QED) is 0.502. The van der Waals surface area contributed by atoms with Crippen LogP contribution in [0.3, 0.4) is 0 Å². The van der Waals surface area contributed by atoms with Gasteiger partial charge in [0, 0.05) is 20.0 Å². The van der Waals surface area contributed by atoms with Crippen LogP contribution in [-0.2, 0) is 23.7 Å². The predicted octanol–water partition coefficient (Wildman–Crippen LogP) is 3.17. The van der Waals surface area contributed by atoms with E-state index in [-0.39, 0.29) is 30.2 Å². The van der Waals surface area contributed by atoms with Crippen molar-refractivity contribution in [2.45, 2.75) is 68.9 Å². The van der Waals surface area contributed by atoms with Gasteiger partial charge < -0.3 is 23.7 Å². The summed E-state index contributed by atoms with van der Waals surface area (Å²) in [5, 5.41) is 0. The van der Waals surface area contributed by atoms with E-state index in [9.17, 15) is 0 Å². The molecule has 0 aromatic carbocycles. The van der Waals surface area contributed by atoms with Gasteiger partial charge in [0.05, 0.1) is 25.4 Å². The zero-order chi connectivity index (χ0) is 15.8. The van der Waals surface area contributed by atoms with Gasteiger partial charge in [0.15, 0.2) is 5.79 Å². The van der Waals surface area contributed by atoms with Crippen molar-refractivity contribution in [1.29, 1.82) is 0 Å². The third-order valence-corrected chi connectivity index (χ3v) is 5.41. The summed E-state index contributed by atoms with van der Waals surface area (Å²) in [6.45, 7) is 3.60. The lowest BCUT2D eigenvalue weighted by molar-refractivity contribution is -0.313. The number of thioether (sulfide) groups is 1. The molecule has 0 bridgehead atoms. The molecule has 22 heavy (non-hydrogen) atoms. The van der Waals surface area contributed by atoms with Gasteiger partial charge in [0.2, 0.25) is 0 Å². The van der Waals surface area contributed by atoms with E-state index in [0.717, 1.165) is 25.9 Å². The summed E-state index contributed by atoms with van der Waals surface area (Å²) >= 11 is 1.63. The van der Waals surface area contributed by atoms with Crippen molar-refractivity contribution < 1.29 is 23.7 Å². The zero-order valence-corrected chi connectivity index (χ0v) is 14.9. The van der Waals surface area contributed by atoms with Crippen LogP contribution in [0.25, 0.3) is 0 Å². The minimum absolute atomic E-state index is 0.000272. The number of rotatable bonds is 8. The fraction of sp³-hybridized carbons (Fsp3) is 1.00. The number of hydrogen-bond donors (Lipinski definition) is 0. The number of hydrogen-bond acceptors (Lipinski definition) is 6. The summed E-state index contributed by atoms with van der Waals surface area (Å²) in [6.07, 6.45) is 8.72. The van der Waals surface area contributed by atoms with Gasteiger partial charge in [-0.1, -0.05) is 6.42 Å². The van der Waals surface area contributed by atoms with Crippen LogP contribution < -0.4 is 0 Å². The lowest BCUT2D eigenvalue weighted by Gasteiger charge is -2.43. The molecule has 0 aromatic heterocycles. The second-order valence-electron chi connectivity index (χ2n) is 6.05. The molecule has 5 nitrogen and oxygen atoms in total. The van der Waals surface area contributed by atoms with Gasteiger partial charge in [-0.15, -0.1) is 11.8 Å². The first-order valence-corrected chi connectivity index (χ1v) is 9.54. The molecule has 0 unspecified atom stereocenters. The molecule has 1 spiro atoms. The maximum Gasteiger partial charge on any atom is 0.168 e. The fourth-order valence-electron chi connectivity index (χ4n) is 3.14. The Morgan fingerprint density at radius 1 is 1.27 bits per heavy atom. The Bertz CT molecular complexity index is 299. The minimum Gasteiger partial charge on any atom is -0.368 e. The molecule has 1 saturated carbocycles. The van der Waals surface area contributed by atoms with E-state index in [1.54, 1.807) is 18.9 Å². The highest BCUT2D eigenvalue weighted by atomic mass is 32.2. The predicted molar refractivity (Wildman–Crippen MR) is 86.9 cm³/mol. The molecule has 6 heteroatoms. The Labute approximate surface area is 138 Å². The molecule has 0 aromatic rings. The first kappa shape index (κ1) is 18.5. The lowest BCUT2D eigenvalue weighted by Crippen LogP contribution is -2.47. The largest absolute Gasteiger partial charge is 0.368 e. The van der Waals surface area contributed by atoms with E-state index in [2.05, 4.69) is 0 Å². The van der Waals surface area contributed by atoms with Gasteiger partial charge >= 0.3 is 0 Å². The fourth-order valence-corrected chi connectivity index (χ4v) is 3.79. The Morgan fingerprint density at radius 3 is 2.73 bits per heavy atom. The maximum atomic E-state index is 6.18. The van der Waals surface area contributed by atoms with Gasteiger partial charge in [-0.3, -0.25) is 0 Å². The topological polar surface area (TPSA) is 46.2 Å². The first-order chi connectivity index (χ1) is 10.7. The van der Waals surface area contributed by atoms with Crippen molar-refractivity contribution in [1.82, 2.24) is 0 Å². The van der Waals surface area contributed by atoms with E-state index in [1.807, 2.05) is 13.2 Å². The SMILES string of the molecule is CO[C@@H](SC)[C@@H](C)OCOC[C@H]1CCOC2(CCCCC2)O1. The van der Waals surface area contributed by atoms with Crippen LogP contribution in [-0.4, -0.2) is 56.8 Å². The standard InChI is InChI=1S/C16H30O5S/c1-13(15(17-2)22-3)19-12-18-11-14-7-10-20-16(21-14)8-5-4-6-9-16/h13-15H,4-12H2,1-3H3/t13-,14-,15+/m1/s1. The van der Waals surface area contributed by atoms with Crippen LogP contribution in [0.5, 0.6) is 0 Å². The van der Waals surface area contributed by atoms with Crippen LogP contribution >= 0.6 is 11.8 Å². The number of ether oxygens (including phenoxy) is 5. The molecule has 2 rings (SSSR count).